The number of aliphatic hydroxyl groups excluding tert-OH is 7. The van der Waals surface area contributed by atoms with Gasteiger partial charge in [0, 0.05) is 13.0 Å². The molecule has 11 atom stereocenters. The number of hydrogen-bond acceptors (Lipinski definition) is 14. The van der Waals surface area contributed by atoms with E-state index in [4.69, 9.17) is 28.4 Å². The van der Waals surface area contributed by atoms with Crippen LogP contribution in [0.5, 0.6) is 0 Å². The second kappa shape index (κ2) is 36.4. The number of rotatable bonds is 37. The van der Waals surface area contributed by atoms with Gasteiger partial charge in [0.05, 0.1) is 26.4 Å². The van der Waals surface area contributed by atoms with Crippen molar-refractivity contribution in [3.63, 3.8) is 0 Å². The molecule has 0 bridgehead atoms. The minimum Gasteiger partial charge on any atom is -0.457 e. The summed E-state index contributed by atoms with van der Waals surface area (Å²) < 4.78 is 34.2. The summed E-state index contributed by atoms with van der Waals surface area (Å²) in [6, 6.07) is 0. The molecule has 0 aliphatic carbocycles. The maximum atomic E-state index is 13.0. The Bertz CT molecular complexity index is 1170. The van der Waals surface area contributed by atoms with Crippen molar-refractivity contribution < 1.29 is 69.0 Å². The minimum absolute atomic E-state index is 0.0517. The van der Waals surface area contributed by atoms with E-state index >= 15 is 0 Å². The molecule has 2 saturated heterocycles. The molecule has 14 nitrogen and oxygen atoms in total. The van der Waals surface area contributed by atoms with Gasteiger partial charge in [-0.25, -0.2) is 0 Å². The van der Waals surface area contributed by atoms with Crippen LogP contribution in [0.15, 0.2) is 36.5 Å². The molecule has 62 heavy (non-hydrogen) atoms. The number of allylic oxidation sites excluding steroid dienone is 6. The molecule has 2 heterocycles. The standard InChI is InChI=1S/C48H86O14/c1-3-5-7-9-11-13-15-17-18-19-21-23-25-27-29-31-40(50)60-37(34-57-32-30-28-26-24-22-20-16-14-12-10-8-6-4-2)35-58-47-46(56)44(54)42(52)39(62-47)36-59-48-45(55)43(53)41(51)38(33-49)61-48/h11-14,17-18,37-39,41-49,51-56H,3-10,15-16,19-36H2,1-2H3/b13-11-,14-12-,18-17-. The van der Waals surface area contributed by atoms with E-state index in [1.54, 1.807) is 0 Å². The van der Waals surface area contributed by atoms with Crippen molar-refractivity contribution in [3.05, 3.63) is 36.5 Å². The maximum Gasteiger partial charge on any atom is 0.306 e. The summed E-state index contributed by atoms with van der Waals surface area (Å²) in [6.07, 6.45) is 22.0. The summed E-state index contributed by atoms with van der Waals surface area (Å²) in [7, 11) is 0. The summed E-state index contributed by atoms with van der Waals surface area (Å²) >= 11 is 0. The quantitative estimate of drug-likeness (QED) is 0.0209. The third kappa shape index (κ3) is 24.5. The average molecular weight is 887 g/mol. The molecule has 0 aromatic heterocycles. The third-order valence-corrected chi connectivity index (χ3v) is 11.4. The van der Waals surface area contributed by atoms with Crippen LogP contribution in [0.3, 0.4) is 0 Å². The number of carbonyl (C=O) groups excluding carboxylic acids is 1. The monoisotopic (exact) mass is 887 g/mol. The van der Waals surface area contributed by atoms with Crippen molar-refractivity contribution in [2.45, 2.75) is 229 Å². The zero-order chi connectivity index (χ0) is 45.2. The van der Waals surface area contributed by atoms with Crippen LogP contribution >= 0.6 is 0 Å². The van der Waals surface area contributed by atoms with Gasteiger partial charge in [-0.15, -0.1) is 0 Å². The lowest BCUT2D eigenvalue weighted by Gasteiger charge is -2.42. The molecule has 0 saturated carbocycles. The normalized spacial score (nSPS) is 27.5. The third-order valence-electron chi connectivity index (χ3n) is 11.4. The Morgan fingerprint density at radius 2 is 1.00 bits per heavy atom. The van der Waals surface area contributed by atoms with Gasteiger partial charge in [-0.3, -0.25) is 4.79 Å². The van der Waals surface area contributed by atoms with Crippen LogP contribution < -0.4 is 0 Å². The number of esters is 1. The predicted molar refractivity (Wildman–Crippen MR) is 238 cm³/mol. The van der Waals surface area contributed by atoms with Crippen LogP contribution in [0, 0.1) is 0 Å². The van der Waals surface area contributed by atoms with Crippen molar-refractivity contribution in [1.29, 1.82) is 0 Å². The van der Waals surface area contributed by atoms with Crippen LogP contribution in [0.4, 0.5) is 0 Å². The smallest absolute Gasteiger partial charge is 0.306 e. The van der Waals surface area contributed by atoms with Gasteiger partial charge in [0.2, 0.25) is 0 Å². The first-order chi connectivity index (χ1) is 30.1. The van der Waals surface area contributed by atoms with Crippen LogP contribution in [-0.2, 0) is 33.2 Å². The van der Waals surface area contributed by atoms with Gasteiger partial charge in [0.1, 0.15) is 54.9 Å². The Labute approximate surface area is 372 Å². The summed E-state index contributed by atoms with van der Waals surface area (Å²) in [5.41, 5.74) is 0. The molecule has 11 unspecified atom stereocenters. The summed E-state index contributed by atoms with van der Waals surface area (Å²) in [6.45, 7) is 3.59. The molecule has 0 radical (unpaired) electrons. The lowest BCUT2D eigenvalue weighted by atomic mass is 9.98. The van der Waals surface area contributed by atoms with E-state index in [1.807, 2.05) is 0 Å². The summed E-state index contributed by atoms with van der Waals surface area (Å²) in [4.78, 5) is 13.0. The van der Waals surface area contributed by atoms with E-state index in [0.717, 1.165) is 70.6 Å². The second-order valence-electron chi connectivity index (χ2n) is 16.9. The van der Waals surface area contributed by atoms with E-state index < -0.39 is 86.7 Å². The molecule has 2 aliphatic rings. The lowest BCUT2D eigenvalue weighted by molar-refractivity contribution is -0.332. The van der Waals surface area contributed by atoms with Crippen molar-refractivity contribution in [3.8, 4) is 0 Å². The van der Waals surface area contributed by atoms with Gasteiger partial charge in [-0.1, -0.05) is 121 Å². The summed E-state index contributed by atoms with van der Waals surface area (Å²) in [5, 5.41) is 72.0. The molecule has 0 aromatic carbocycles. The van der Waals surface area contributed by atoms with Gasteiger partial charge in [0.25, 0.3) is 0 Å². The Hall–Kier alpha value is -1.79. The Morgan fingerprint density at radius 1 is 0.532 bits per heavy atom. The first kappa shape index (κ1) is 56.3. The molecule has 0 amide bonds. The van der Waals surface area contributed by atoms with Gasteiger partial charge in [-0.2, -0.15) is 0 Å². The highest BCUT2D eigenvalue weighted by molar-refractivity contribution is 5.69. The predicted octanol–water partition coefficient (Wildman–Crippen LogP) is 6.24. The van der Waals surface area contributed by atoms with Crippen LogP contribution in [0.2, 0.25) is 0 Å². The van der Waals surface area contributed by atoms with Gasteiger partial charge < -0.3 is 64.2 Å². The maximum absolute atomic E-state index is 13.0. The van der Waals surface area contributed by atoms with E-state index in [-0.39, 0.29) is 19.6 Å². The number of hydrogen-bond donors (Lipinski definition) is 7. The highest BCUT2D eigenvalue weighted by Crippen LogP contribution is 2.26. The van der Waals surface area contributed by atoms with Crippen molar-refractivity contribution >= 4 is 5.97 Å². The zero-order valence-electron chi connectivity index (χ0n) is 38.1. The topological polar surface area (TPSA) is 214 Å². The van der Waals surface area contributed by atoms with Crippen molar-refractivity contribution in [1.82, 2.24) is 0 Å². The minimum atomic E-state index is -1.71. The van der Waals surface area contributed by atoms with Crippen LogP contribution in [0.25, 0.3) is 0 Å². The van der Waals surface area contributed by atoms with E-state index in [9.17, 15) is 40.5 Å². The van der Waals surface area contributed by atoms with E-state index in [1.165, 1.54) is 64.2 Å². The lowest BCUT2D eigenvalue weighted by Crippen LogP contribution is -2.61. The molecular weight excluding hydrogens is 801 g/mol. The van der Waals surface area contributed by atoms with Crippen molar-refractivity contribution in [2.24, 2.45) is 0 Å². The zero-order valence-corrected chi connectivity index (χ0v) is 38.1. The van der Waals surface area contributed by atoms with Crippen LogP contribution in [0.1, 0.15) is 162 Å². The highest BCUT2D eigenvalue weighted by Gasteiger charge is 2.47. The molecular formula is C48H86O14. The van der Waals surface area contributed by atoms with E-state index in [2.05, 4.69) is 50.3 Å². The fourth-order valence-corrected chi connectivity index (χ4v) is 7.37. The number of unbranched alkanes of at least 4 members (excludes halogenated alkanes) is 17. The molecule has 2 fully saturated rings. The fraction of sp³-hybridized carbons (Fsp3) is 0.854. The molecule has 362 valence electrons. The first-order valence-electron chi connectivity index (χ1n) is 24.1. The number of ether oxygens (including phenoxy) is 6. The van der Waals surface area contributed by atoms with Gasteiger partial charge >= 0.3 is 5.97 Å². The Balaban J connectivity index is 1.81. The molecule has 2 aliphatic heterocycles. The molecule has 14 heteroatoms. The number of carbonyl (C=O) groups is 1. The largest absolute Gasteiger partial charge is 0.457 e. The first-order valence-corrected chi connectivity index (χ1v) is 24.1. The summed E-state index contributed by atoms with van der Waals surface area (Å²) in [5.74, 6) is -0.393. The molecule has 2 rings (SSSR count). The van der Waals surface area contributed by atoms with Gasteiger partial charge in [-0.05, 0) is 70.6 Å². The Kier molecular flexibility index (Phi) is 33.1. The van der Waals surface area contributed by atoms with E-state index in [0.29, 0.717) is 13.0 Å². The van der Waals surface area contributed by atoms with Crippen molar-refractivity contribution in [2.75, 3.05) is 33.0 Å². The average Bonchev–Trinajstić information content (AvgIpc) is 3.27. The SMILES string of the molecule is CCCCC/C=C\C/C=C\CCCCCCCC(=O)OC(COCCCCCCCC/C=C\CCCCC)COC1OC(COC2OC(CO)C(O)C(O)C2O)C(O)C(O)C1O. The molecule has 0 spiro atoms. The highest BCUT2D eigenvalue weighted by atomic mass is 16.7. The van der Waals surface area contributed by atoms with Gasteiger partial charge in [0.15, 0.2) is 12.6 Å². The Morgan fingerprint density at radius 3 is 1.56 bits per heavy atom. The number of aliphatic hydroxyl groups is 7. The fourth-order valence-electron chi connectivity index (χ4n) is 7.37. The molecule has 0 aromatic rings. The second-order valence-corrected chi connectivity index (χ2v) is 16.9. The van der Waals surface area contributed by atoms with Crippen LogP contribution in [-0.4, -0.2) is 142 Å². The molecule has 7 N–H and O–H groups in total.